The Morgan fingerprint density at radius 2 is 1.15 bits per heavy atom. The Morgan fingerprint density at radius 1 is 0.462 bits per heavy atom. The second kappa shape index (κ2) is 8.41. The van der Waals surface area contributed by atoms with Crippen molar-refractivity contribution in [3.8, 4) is 0 Å². The molecular weight excluding hydrogens is 468 g/mol. The Bertz CT molecular complexity index is 2030. The van der Waals surface area contributed by atoms with Gasteiger partial charge in [0.1, 0.15) is 0 Å². The molecule has 0 N–H and O–H groups in total. The molecule has 0 nitrogen and oxygen atoms in total. The minimum Gasteiger partial charge on any atom is -0.0622 e. The standard InChI is InChI=1S/C39H28/c1-26-18-21-31(22-19-26)39(30-12-3-2-4-13-30)36-16-8-6-11-28(36)24-29-25-35-34(15-9-17-37(35)39)38-32-14-7-5-10-27(32)20-23-33(29)38/h2-23,25H,24H2,1H3. The van der Waals surface area contributed by atoms with Gasteiger partial charge in [-0.3, -0.25) is 0 Å². The third-order valence-corrected chi connectivity index (χ3v) is 8.87. The van der Waals surface area contributed by atoms with Gasteiger partial charge in [0.2, 0.25) is 0 Å². The molecule has 0 radical (unpaired) electrons. The quantitative estimate of drug-likeness (QED) is 0.209. The predicted octanol–water partition coefficient (Wildman–Crippen LogP) is 9.74. The fourth-order valence-corrected chi connectivity index (χ4v) is 7.16. The molecule has 0 aromatic heterocycles. The number of fused-ring (bicyclic) bond motifs is 7. The first-order valence-electron chi connectivity index (χ1n) is 13.8. The van der Waals surface area contributed by atoms with Crippen LogP contribution in [0, 0.1) is 6.92 Å². The van der Waals surface area contributed by atoms with Gasteiger partial charge in [0, 0.05) is 0 Å². The van der Waals surface area contributed by atoms with Gasteiger partial charge < -0.3 is 0 Å². The summed E-state index contributed by atoms with van der Waals surface area (Å²) in [5, 5.41) is 8.02. The number of hydrogen-bond acceptors (Lipinski definition) is 0. The summed E-state index contributed by atoms with van der Waals surface area (Å²) in [5.74, 6) is 0. The first-order chi connectivity index (χ1) is 19.2. The van der Waals surface area contributed by atoms with Crippen LogP contribution in [0.25, 0.3) is 32.3 Å². The molecule has 0 heteroatoms. The molecule has 0 fully saturated rings. The summed E-state index contributed by atoms with van der Waals surface area (Å²) in [6.45, 7) is 2.17. The van der Waals surface area contributed by atoms with Gasteiger partial charge in [0.15, 0.2) is 0 Å². The van der Waals surface area contributed by atoms with Crippen LogP contribution in [0.5, 0.6) is 0 Å². The molecule has 1 atom stereocenters. The van der Waals surface area contributed by atoms with E-state index in [2.05, 4.69) is 146 Å². The molecule has 184 valence electrons. The van der Waals surface area contributed by atoms with Crippen LogP contribution in [0.3, 0.4) is 0 Å². The average Bonchev–Trinajstić information content (AvgIpc) is 2.98. The molecular formula is C39H28. The predicted molar refractivity (Wildman–Crippen MR) is 165 cm³/mol. The van der Waals surface area contributed by atoms with E-state index in [-0.39, 0.29) is 0 Å². The van der Waals surface area contributed by atoms with Crippen molar-refractivity contribution < 1.29 is 0 Å². The van der Waals surface area contributed by atoms with Crippen molar-refractivity contribution >= 4 is 32.3 Å². The zero-order valence-corrected chi connectivity index (χ0v) is 22.0. The molecule has 0 heterocycles. The molecule has 7 aromatic rings. The van der Waals surface area contributed by atoms with Crippen LogP contribution in [0.2, 0.25) is 0 Å². The van der Waals surface area contributed by atoms with E-state index >= 15 is 0 Å². The van der Waals surface area contributed by atoms with Gasteiger partial charge >= 0.3 is 0 Å². The van der Waals surface area contributed by atoms with E-state index in [9.17, 15) is 0 Å². The van der Waals surface area contributed by atoms with Crippen molar-refractivity contribution in [2.45, 2.75) is 18.8 Å². The Balaban J connectivity index is 1.65. The monoisotopic (exact) mass is 496 g/mol. The Morgan fingerprint density at radius 3 is 2.03 bits per heavy atom. The lowest BCUT2D eigenvalue weighted by atomic mass is 9.61. The van der Waals surface area contributed by atoms with Crippen LogP contribution in [-0.2, 0) is 11.8 Å². The number of benzene rings is 7. The van der Waals surface area contributed by atoms with E-state index in [1.807, 2.05) is 0 Å². The molecule has 8 rings (SSSR count). The number of aryl methyl sites for hydroxylation is 1. The van der Waals surface area contributed by atoms with E-state index in [1.54, 1.807) is 0 Å². The molecule has 2 bridgehead atoms. The molecule has 39 heavy (non-hydrogen) atoms. The van der Waals surface area contributed by atoms with Crippen LogP contribution >= 0.6 is 0 Å². The molecule has 0 saturated carbocycles. The van der Waals surface area contributed by atoms with Crippen molar-refractivity contribution in [2.75, 3.05) is 0 Å². The maximum absolute atomic E-state index is 2.49. The fourth-order valence-electron chi connectivity index (χ4n) is 7.16. The minimum atomic E-state index is -0.443. The third-order valence-electron chi connectivity index (χ3n) is 8.87. The maximum atomic E-state index is 2.49. The SMILES string of the molecule is Cc1ccc(C2(c3ccccc3)c3ccccc3Cc3cc4c2cccc4c2c3ccc3ccccc32)cc1. The average molecular weight is 497 g/mol. The fraction of sp³-hybridized carbons (Fsp3) is 0.0769. The third kappa shape index (κ3) is 3.12. The molecule has 7 aromatic carbocycles. The minimum absolute atomic E-state index is 0.443. The lowest BCUT2D eigenvalue weighted by molar-refractivity contribution is 0.739. The Kier molecular flexibility index (Phi) is 4.81. The van der Waals surface area contributed by atoms with Gasteiger partial charge in [-0.25, -0.2) is 0 Å². The second-order valence-corrected chi connectivity index (χ2v) is 11.0. The van der Waals surface area contributed by atoms with Crippen LogP contribution in [0.4, 0.5) is 0 Å². The summed E-state index contributed by atoms with van der Waals surface area (Å²) in [5.41, 5.74) is 8.93. The number of rotatable bonds is 2. The van der Waals surface area contributed by atoms with Gasteiger partial charge in [0.25, 0.3) is 0 Å². The molecule has 1 unspecified atom stereocenters. The molecule has 0 amide bonds. The highest BCUT2D eigenvalue weighted by Gasteiger charge is 2.41. The summed E-state index contributed by atoms with van der Waals surface area (Å²) in [6, 6.07) is 52.4. The molecule has 0 aliphatic heterocycles. The number of hydrogen-bond donors (Lipinski definition) is 0. The van der Waals surface area contributed by atoms with Crippen molar-refractivity contribution in [1.29, 1.82) is 0 Å². The topological polar surface area (TPSA) is 0 Å². The van der Waals surface area contributed by atoms with Gasteiger partial charge in [0.05, 0.1) is 5.41 Å². The van der Waals surface area contributed by atoms with E-state index in [0.717, 1.165) is 6.42 Å². The first-order valence-corrected chi connectivity index (χ1v) is 13.8. The molecule has 1 aliphatic carbocycles. The van der Waals surface area contributed by atoms with Gasteiger partial charge in [-0.05, 0) is 85.1 Å². The highest BCUT2D eigenvalue weighted by atomic mass is 14.4. The summed E-state index contributed by atoms with van der Waals surface area (Å²) in [4.78, 5) is 0. The summed E-state index contributed by atoms with van der Waals surface area (Å²) >= 11 is 0. The highest BCUT2D eigenvalue weighted by Crippen LogP contribution is 2.51. The lowest BCUT2D eigenvalue weighted by Gasteiger charge is -2.40. The second-order valence-electron chi connectivity index (χ2n) is 11.0. The Hall–Kier alpha value is -4.68. The van der Waals surface area contributed by atoms with Gasteiger partial charge in [-0.2, -0.15) is 0 Å². The summed E-state index contributed by atoms with van der Waals surface area (Å²) in [6.07, 6.45) is 0.899. The maximum Gasteiger partial charge on any atom is 0.0710 e. The van der Waals surface area contributed by atoms with Crippen LogP contribution in [0.15, 0.2) is 140 Å². The Labute approximate surface area is 229 Å². The molecule has 0 saturated heterocycles. The zero-order valence-electron chi connectivity index (χ0n) is 22.0. The van der Waals surface area contributed by atoms with Crippen molar-refractivity contribution in [1.82, 2.24) is 0 Å². The van der Waals surface area contributed by atoms with Gasteiger partial charge in [-0.1, -0.05) is 139 Å². The van der Waals surface area contributed by atoms with Crippen LogP contribution in [-0.4, -0.2) is 0 Å². The van der Waals surface area contributed by atoms with Gasteiger partial charge in [-0.15, -0.1) is 0 Å². The van der Waals surface area contributed by atoms with Crippen molar-refractivity contribution in [2.24, 2.45) is 0 Å². The smallest absolute Gasteiger partial charge is 0.0622 e. The zero-order chi connectivity index (χ0) is 26.0. The molecule has 0 spiro atoms. The molecule has 1 aliphatic rings. The van der Waals surface area contributed by atoms with Crippen molar-refractivity contribution in [3.63, 3.8) is 0 Å². The van der Waals surface area contributed by atoms with Crippen molar-refractivity contribution in [3.05, 3.63) is 178 Å². The van der Waals surface area contributed by atoms with E-state index in [1.165, 1.54) is 71.3 Å². The largest absolute Gasteiger partial charge is 0.0710 e. The lowest BCUT2D eigenvalue weighted by Crippen LogP contribution is -2.33. The normalized spacial score (nSPS) is 16.3. The summed E-state index contributed by atoms with van der Waals surface area (Å²) in [7, 11) is 0. The van der Waals surface area contributed by atoms with E-state index in [0.29, 0.717) is 0 Å². The van der Waals surface area contributed by atoms with Crippen LogP contribution in [0.1, 0.15) is 38.9 Å². The van der Waals surface area contributed by atoms with E-state index < -0.39 is 5.41 Å². The summed E-state index contributed by atoms with van der Waals surface area (Å²) < 4.78 is 0. The van der Waals surface area contributed by atoms with Crippen LogP contribution < -0.4 is 0 Å². The highest BCUT2D eigenvalue weighted by molar-refractivity contribution is 6.22. The first kappa shape index (κ1) is 22.3. The van der Waals surface area contributed by atoms with E-state index in [4.69, 9.17) is 0 Å².